The second-order valence-corrected chi connectivity index (χ2v) is 8.43. The Labute approximate surface area is 142 Å². The lowest BCUT2D eigenvalue weighted by Gasteiger charge is -2.17. The highest BCUT2D eigenvalue weighted by Gasteiger charge is 2.28. The van der Waals surface area contributed by atoms with E-state index in [1.165, 1.54) is 0 Å². The van der Waals surface area contributed by atoms with Crippen LogP contribution in [0.1, 0.15) is 44.1 Å². The minimum Gasteiger partial charge on any atom is -0.481 e. The van der Waals surface area contributed by atoms with Crippen LogP contribution < -0.4 is 0 Å². The van der Waals surface area contributed by atoms with Crippen LogP contribution in [0.15, 0.2) is 30.3 Å². The van der Waals surface area contributed by atoms with E-state index in [0.717, 1.165) is 18.4 Å². The van der Waals surface area contributed by atoms with Crippen LogP contribution >= 0.6 is 7.37 Å². The zero-order valence-corrected chi connectivity index (χ0v) is 14.5. The van der Waals surface area contributed by atoms with Gasteiger partial charge in [0.2, 0.25) is 7.37 Å². The Morgan fingerprint density at radius 3 is 2.21 bits per heavy atom. The first-order valence-electron chi connectivity index (χ1n) is 8.09. The number of aliphatic carboxylic acids is 2. The lowest BCUT2D eigenvalue weighted by atomic mass is 10.0. The topological polar surface area (TPSA) is 112 Å². The van der Waals surface area contributed by atoms with E-state index in [0.29, 0.717) is 19.3 Å². The number of hydrogen-bond donors (Lipinski definition) is 3. The maximum absolute atomic E-state index is 12.3. The van der Waals surface area contributed by atoms with Crippen molar-refractivity contribution in [1.29, 1.82) is 0 Å². The number of carboxylic acid groups (broad SMARTS) is 2. The van der Waals surface area contributed by atoms with Gasteiger partial charge in [-0.2, -0.15) is 0 Å². The van der Waals surface area contributed by atoms with Gasteiger partial charge in [-0.15, -0.1) is 0 Å². The summed E-state index contributed by atoms with van der Waals surface area (Å²) in [6, 6.07) is 8.88. The third kappa shape index (κ3) is 8.85. The SMILES string of the molecule is O=C(O)CCCCCCC(CP(=O)(O)Cc1ccccc1)C(=O)O. The van der Waals surface area contributed by atoms with E-state index in [-0.39, 0.29) is 18.7 Å². The minimum absolute atomic E-state index is 0.0176. The minimum atomic E-state index is -3.56. The van der Waals surface area contributed by atoms with Crippen molar-refractivity contribution in [2.45, 2.75) is 44.7 Å². The van der Waals surface area contributed by atoms with Crippen molar-refractivity contribution in [1.82, 2.24) is 0 Å². The highest BCUT2D eigenvalue weighted by atomic mass is 31.2. The molecule has 0 bridgehead atoms. The average molecular weight is 356 g/mol. The van der Waals surface area contributed by atoms with Crippen molar-refractivity contribution in [2.24, 2.45) is 5.92 Å². The van der Waals surface area contributed by atoms with Crippen molar-refractivity contribution < 1.29 is 29.3 Å². The van der Waals surface area contributed by atoms with Gasteiger partial charge in [0.25, 0.3) is 0 Å². The van der Waals surface area contributed by atoms with Crippen LogP contribution in [0.2, 0.25) is 0 Å². The normalized spacial score (nSPS) is 14.7. The van der Waals surface area contributed by atoms with E-state index in [2.05, 4.69) is 0 Å². The van der Waals surface area contributed by atoms with Crippen molar-refractivity contribution >= 4 is 19.3 Å². The Morgan fingerprint density at radius 1 is 1.00 bits per heavy atom. The molecule has 24 heavy (non-hydrogen) atoms. The molecular weight excluding hydrogens is 331 g/mol. The van der Waals surface area contributed by atoms with E-state index in [9.17, 15) is 24.2 Å². The van der Waals surface area contributed by atoms with Gasteiger partial charge in [-0.1, -0.05) is 49.6 Å². The van der Waals surface area contributed by atoms with Crippen LogP contribution in [0.4, 0.5) is 0 Å². The van der Waals surface area contributed by atoms with Crippen LogP contribution in [0.3, 0.4) is 0 Å². The number of rotatable bonds is 12. The second kappa shape index (κ2) is 10.3. The van der Waals surface area contributed by atoms with Crippen LogP contribution in [0, 0.1) is 5.92 Å². The molecule has 3 N–H and O–H groups in total. The predicted octanol–water partition coefficient (Wildman–Crippen LogP) is 3.58. The molecule has 0 amide bonds. The molecule has 6 nitrogen and oxygen atoms in total. The molecule has 2 unspecified atom stereocenters. The van der Waals surface area contributed by atoms with Gasteiger partial charge in [-0.3, -0.25) is 14.2 Å². The quantitative estimate of drug-likeness (QED) is 0.390. The molecule has 1 aromatic rings. The van der Waals surface area contributed by atoms with Gasteiger partial charge in [0.15, 0.2) is 0 Å². The first-order valence-corrected chi connectivity index (χ1v) is 10.1. The van der Waals surface area contributed by atoms with Crippen LogP contribution in [-0.2, 0) is 20.3 Å². The Kier molecular flexibility index (Phi) is 8.72. The van der Waals surface area contributed by atoms with Crippen molar-refractivity contribution in [3.8, 4) is 0 Å². The largest absolute Gasteiger partial charge is 0.481 e. The van der Waals surface area contributed by atoms with Crippen molar-refractivity contribution in [3.05, 3.63) is 35.9 Å². The number of unbranched alkanes of at least 4 members (excludes halogenated alkanes) is 3. The summed E-state index contributed by atoms with van der Waals surface area (Å²) in [5, 5.41) is 17.8. The van der Waals surface area contributed by atoms with E-state index >= 15 is 0 Å². The molecule has 7 heteroatoms. The summed E-state index contributed by atoms with van der Waals surface area (Å²) in [7, 11) is -3.56. The second-order valence-electron chi connectivity index (χ2n) is 6.05. The van der Waals surface area contributed by atoms with Crippen molar-refractivity contribution in [2.75, 3.05) is 6.16 Å². The first-order chi connectivity index (χ1) is 11.3. The third-order valence-corrected chi connectivity index (χ3v) is 5.69. The van der Waals surface area contributed by atoms with E-state index in [1.54, 1.807) is 24.3 Å². The molecule has 0 aliphatic rings. The van der Waals surface area contributed by atoms with Gasteiger partial charge in [0.1, 0.15) is 0 Å². The molecule has 0 spiro atoms. The fourth-order valence-corrected chi connectivity index (χ4v) is 4.53. The Balaban J connectivity index is 2.42. The smallest absolute Gasteiger partial charge is 0.307 e. The summed E-state index contributed by atoms with van der Waals surface area (Å²) in [4.78, 5) is 31.8. The lowest BCUT2D eigenvalue weighted by molar-refractivity contribution is -0.141. The molecule has 1 aromatic carbocycles. The van der Waals surface area contributed by atoms with Crippen LogP contribution in [0.25, 0.3) is 0 Å². The molecule has 0 aliphatic carbocycles. The Hall–Kier alpha value is -1.65. The van der Waals surface area contributed by atoms with Crippen LogP contribution in [-0.4, -0.2) is 33.2 Å². The lowest BCUT2D eigenvalue weighted by Crippen LogP contribution is -2.18. The Bertz CT molecular complexity index is 572. The fourth-order valence-electron chi connectivity index (χ4n) is 2.59. The average Bonchev–Trinajstić information content (AvgIpc) is 2.49. The summed E-state index contributed by atoms with van der Waals surface area (Å²) in [5.41, 5.74) is 0.723. The molecule has 0 saturated carbocycles. The summed E-state index contributed by atoms with van der Waals surface area (Å²) in [5.74, 6) is -2.73. The summed E-state index contributed by atoms with van der Waals surface area (Å²) >= 11 is 0. The van der Waals surface area contributed by atoms with Gasteiger partial charge in [-0.25, -0.2) is 0 Å². The molecule has 0 saturated heterocycles. The maximum Gasteiger partial charge on any atom is 0.307 e. The summed E-state index contributed by atoms with van der Waals surface area (Å²) in [6.45, 7) is 0. The monoisotopic (exact) mass is 356 g/mol. The fraction of sp³-hybridized carbons (Fsp3) is 0.529. The zero-order chi connectivity index (χ0) is 18.0. The molecule has 1 rings (SSSR count). The maximum atomic E-state index is 12.3. The van der Waals surface area contributed by atoms with Gasteiger partial charge >= 0.3 is 11.9 Å². The molecule has 0 aromatic heterocycles. The highest BCUT2D eigenvalue weighted by Crippen LogP contribution is 2.46. The molecule has 0 fully saturated rings. The zero-order valence-electron chi connectivity index (χ0n) is 13.6. The standard InChI is InChI=1S/C17H25O6P/c18-16(19)11-7-2-1-6-10-15(17(20)21)13-24(22,23)12-14-8-4-3-5-9-14/h3-5,8-9,15H,1-2,6-7,10-13H2,(H,18,19)(H,20,21)(H,22,23). The van der Waals surface area contributed by atoms with Gasteiger partial charge in [-0.05, 0) is 18.4 Å². The molecular formula is C17H25O6P. The van der Waals surface area contributed by atoms with E-state index in [4.69, 9.17) is 5.11 Å². The van der Waals surface area contributed by atoms with E-state index < -0.39 is 25.2 Å². The van der Waals surface area contributed by atoms with Crippen molar-refractivity contribution in [3.63, 3.8) is 0 Å². The molecule has 0 aliphatic heterocycles. The number of hydrogen-bond acceptors (Lipinski definition) is 3. The van der Waals surface area contributed by atoms with Crippen LogP contribution in [0.5, 0.6) is 0 Å². The van der Waals surface area contributed by atoms with Gasteiger partial charge in [0.05, 0.1) is 5.92 Å². The molecule has 0 radical (unpaired) electrons. The molecule has 134 valence electrons. The molecule has 0 heterocycles. The first kappa shape index (κ1) is 20.4. The Morgan fingerprint density at radius 2 is 1.62 bits per heavy atom. The van der Waals surface area contributed by atoms with E-state index in [1.807, 2.05) is 6.07 Å². The highest BCUT2D eigenvalue weighted by molar-refractivity contribution is 7.57. The number of carboxylic acids is 2. The third-order valence-electron chi connectivity index (χ3n) is 3.82. The van der Waals surface area contributed by atoms with Gasteiger partial charge in [0, 0.05) is 18.7 Å². The number of benzene rings is 1. The summed E-state index contributed by atoms with van der Waals surface area (Å²) in [6.07, 6.45) is 2.84. The predicted molar refractivity (Wildman–Crippen MR) is 91.3 cm³/mol. The number of carbonyl (C=O) groups is 2. The molecule has 2 atom stereocenters. The van der Waals surface area contributed by atoms with Gasteiger partial charge < -0.3 is 15.1 Å². The summed E-state index contributed by atoms with van der Waals surface area (Å²) < 4.78 is 12.3.